The largest absolute Gasteiger partial charge is 0.492 e. The van der Waals surface area contributed by atoms with E-state index in [0.717, 1.165) is 12.1 Å². The molecule has 8 nitrogen and oxygen atoms in total. The third-order valence-corrected chi connectivity index (χ3v) is 5.41. The van der Waals surface area contributed by atoms with Gasteiger partial charge in [-0.05, 0) is 37.3 Å². The highest BCUT2D eigenvalue weighted by Gasteiger charge is 2.37. The molecular formula is C23H24F3N5O3. The van der Waals surface area contributed by atoms with E-state index in [1.165, 1.54) is 18.0 Å². The van der Waals surface area contributed by atoms with Gasteiger partial charge in [0.05, 0.1) is 29.5 Å². The molecule has 3 amide bonds. The van der Waals surface area contributed by atoms with Crippen LogP contribution in [0.5, 0.6) is 5.75 Å². The van der Waals surface area contributed by atoms with E-state index in [1.54, 1.807) is 35.2 Å². The molecule has 11 heteroatoms. The van der Waals surface area contributed by atoms with Crippen LogP contribution in [0, 0.1) is 11.3 Å². The molecule has 1 aliphatic heterocycles. The van der Waals surface area contributed by atoms with Gasteiger partial charge >= 0.3 is 12.2 Å². The molecule has 0 bridgehead atoms. The summed E-state index contributed by atoms with van der Waals surface area (Å²) < 4.78 is 45.7. The van der Waals surface area contributed by atoms with Crippen molar-refractivity contribution in [3.63, 3.8) is 0 Å². The van der Waals surface area contributed by atoms with Gasteiger partial charge in [0.1, 0.15) is 11.8 Å². The minimum absolute atomic E-state index is 0.0244. The lowest BCUT2D eigenvalue weighted by Crippen LogP contribution is -2.61. The molecule has 2 aromatic rings. The average molecular weight is 475 g/mol. The third kappa shape index (κ3) is 5.33. The van der Waals surface area contributed by atoms with Gasteiger partial charge in [-0.25, -0.2) is 4.79 Å². The first-order valence-corrected chi connectivity index (χ1v) is 10.6. The van der Waals surface area contributed by atoms with Crippen LogP contribution in [0.25, 0.3) is 0 Å². The zero-order chi connectivity index (χ0) is 24.9. The number of carbonyl (C=O) groups excluding carboxylic acids is 2. The number of anilines is 2. The number of nitriles is 1. The number of amides is 3. The Hall–Kier alpha value is -3.94. The highest BCUT2D eigenvalue weighted by Crippen LogP contribution is 2.35. The summed E-state index contributed by atoms with van der Waals surface area (Å²) in [5, 5.41) is 14.3. The van der Waals surface area contributed by atoms with Crippen LogP contribution in [-0.4, -0.2) is 56.2 Å². The smallest absolute Gasteiger partial charge is 0.417 e. The number of para-hydroxylation sites is 2. The molecule has 0 radical (unpaired) electrons. The number of hydrogen-bond acceptors (Lipinski definition) is 5. The summed E-state index contributed by atoms with van der Waals surface area (Å²) in [5.74, 6) is 0.0216. The lowest BCUT2D eigenvalue weighted by Gasteiger charge is -2.41. The predicted octanol–water partition coefficient (Wildman–Crippen LogP) is 3.44. The van der Waals surface area contributed by atoms with Crippen molar-refractivity contribution < 1.29 is 27.5 Å². The monoisotopic (exact) mass is 475 g/mol. The quantitative estimate of drug-likeness (QED) is 0.691. The summed E-state index contributed by atoms with van der Waals surface area (Å²) in [6.07, 6.45) is -4.70. The van der Waals surface area contributed by atoms with Gasteiger partial charge in [0, 0.05) is 32.4 Å². The fourth-order valence-electron chi connectivity index (χ4n) is 3.75. The Morgan fingerprint density at radius 1 is 1.21 bits per heavy atom. The van der Waals surface area contributed by atoms with E-state index in [2.05, 4.69) is 10.6 Å². The van der Waals surface area contributed by atoms with Crippen LogP contribution in [0.2, 0.25) is 0 Å². The topological polar surface area (TPSA) is 97.7 Å². The minimum Gasteiger partial charge on any atom is -0.492 e. The first kappa shape index (κ1) is 24.7. The number of carbonyl (C=O) groups is 2. The second-order valence-corrected chi connectivity index (χ2v) is 7.47. The number of rotatable bonds is 5. The van der Waals surface area contributed by atoms with Crippen LogP contribution in [0.15, 0.2) is 42.5 Å². The number of nitrogens with one attached hydrogen (secondary N) is 2. The SMILES string of the molecule is CCOc1ccccc1NC(=O)N1CCN(c2ccc(C#N)c(C(F)(F)F)c2)CC1C(=O)NC. The van der Waals surface area contributed by atoms with E-state index in [4.69, 9.17) is 10.00 Å². The van der Waals surface area contributed by atoms with Gasteiger partial charge in [-0.3, -0.25) is 4.79 Å². The normalized spacial score (nSPS) is 15.9. The van der Waals surface area contributed by atoms with Crippen molar-refractivity contribution in [2.24, 2.45) is 0 Å². The maximum Gasteiger partial charge on any atom is 0.417 e. The molecule has 34 heavy (non-hydrogen) atoms. The highest BCUT2D eigenvalue weighted by molar-refractivity contribution is 5.95. The van der Waals surface area contributed by atoms with E-state index >= 15 is 0 Å². The molecule has 2 aromatic carbocycles. The Kier molecular flexibility index (Phi) is 7.50. The molecule has 1 saturated heterocycles. The van der Waals surface area contributed by atoms with Crippen molar-refractivity contribution >= 4 is 23.3 Å². The second-order valence-electron chi connectivity index (χ2n) is 7.47. The van der Waals surface area contributed by atoms with Gasteiger partial charge in [-0.2, -0.15) is 18.4 Å². The van der Waals surface area contributed by atoms with Crippen LogP contribution in [0.1, 0.15) is 18.1 Å². The van der Waals surface area contributed by atoms with Gasteiger partial charge in [0.2, 0.25) is 5.91 Å². The van der Waals surface area contributed by atoms with Crippen LogP contribution in [0.4, 0.5) is 29.3 Å². The predicted molar refractivity (Wildman–Crippen MR) is 120 cm³/mol. The Morgan fingerprint density at radius 2 is 1.94 bits per heavy atom. The molecule has 1 heterocycles. The van der Waals surface area contributed by atoms with Crippen molar-refractivity contribution in [2.45, 2.75) is 19.1 Å². The number of hydrogen-bond donors (Lipinski definition) is 2. The fourth-order valence-corrected chi connectivity index (χ4v) is 3.75. The third-order valence-electron chi connectivity index (χ3n) is 5.41. The Labute approximate surface area is 194 Å². The van der Waals surface area contributed by atoms with E-state index in [9.17, 15) is 22.8 Å². The molecule has 0 spiro atoms. The van der Waals surface area contributed by atoms with E-state index in [0.29, 0.717) is 18.0 Å². The van der Waals surface area contributed by atoms with E-state index in [-0.39, 0.29) is 25.3 Å². The Balaban J connectivity index is 1.84. The Morgan fingerprint density at radius 3 is 2.59 bits per heavy atom. The van der Waals surface area contributed by atoms with Gasteiger partial charge in [0.15, 0.2) is 0 Å². The number of piperazine rings is 1. The molecule has 0 saturated carbocycles. The van der Waals surface area contributed by atoms with Gasteiger partial charge in [-0.1, -0.05) is 12.1 Å². The van der Waals surface area contributed by atoms with Crippen molar-refractivity contribution in [2.75, 3.05) is 43.5 Å². The number of ether oxygens (including phenoxy) is 1. The standard InChI is InChI=1S/C23H24F3N5O3/c1-3-34-20-7-5-4-6-18(20)29-22(33)31-11-10-30(14-19(31)21(32)28-2)16-9-8-15(13-27)17(12-16)23(24,25)26/h4-9,12,19H,3,10-11,14H2,1-2H3,(H,28,32)(H,29,33). The van der Waals surface area contributed by atoms with Crippen LogP contribution in [-0.2, 0) is 11.0 Å². The summed E-state index contributed by atoms with van der Waals surface area (Å²) in [4.78, 5) is 28.6. The summed E-state index contributed by atoms with van der Waals surface area (Å²) in [6.45, 7) is 2.46. The average Bonchev–Trinajstić information content (AvgIpc) is 2.83. The lowest BCUT2D eigenvalue weighted by atomic mass is 10.0. The number of halogens is 3. The molecule has 2 N–H and O–H groups in total. The van der Waals surface area contributed by atoms with Gasteiger partial charge in [-0.15, -0.1) is 0 Å². The summed E-state index contributed by atoms with van der Waals surface area (Å²) >= 11 is 0. The first-order valence-electron chi connectivity index (χ1n) is 10.6. The molecule has 1 aliphatic rings. The van der Waals surface area contributed by atoms with Gasteiger partial charge in [0.25, 0.3) is 0 Å². The zero-order valence-corrected chi connectivity index (χ0v) is 18.6. The zero-order valence-electron chi connectivity index (χ0n) is 18.6. The molecular weight excluding hydrogens is 451 g/mol. The van der Waals surface area contributed by atoms with Crippen molar-refractivity contribution in [1.29, 1.82) is 5.26 Å². The lowest BCUT2D eigenvalue weighted by molar-refractivity contribution is -0.137. The van der Waals surface area contributed by atoms with E-state index < -0.39 is 35.3 Å². The number of alkyl halides is 3. The molecule has 0 aliphatic carbocycles. The first-order chi connectivity index (χ1) is 16.2. The van der Waals surface area contributed by atoms with E-state index in [1.807, 2.05) is 6.92 Å². The fraction of sp³-hybridized carbons (Fsp3) is 0.348. The molecule has 0 aromatic heterocycles. The van der Waals surface area contributed by atoms with Gasteiger partial charge < -0.3 is 25.2 Å². The number of benzene rings is 2. The maximum atomic E-state index is 13.4. The number of urea groups is 1. The Bertz CT molecular complexity index is 1100. The van der Waals surface area contributed by atoms with Crippen molar-refractivity contribution in [3.05, 3.63) is 53.6 Å². The molecule has 1 atom stereocenters. The number of nitrogens with zero attached hydrogens (tertiary/aromatic N) is 3. The summed E-state index contributed by atoms with van der Waals surface area (Å²) in [5.41, 5.74) is -0.877. The minimum atomic E-state index is -4.70. The summed E-state index contributed by atoms with van der Waals surface area (Å²) in [7, 11) is 1.42. The molecule has 3 rings (SSSR count). The highest BCUT2D eigenvalue weighted by atomic mass is 19.4. The number of likely N-dealkylation sites (N-methyl/N-ethyl adjacent to an activating group) is 1. The van der Waals surface area contributed by atoms with Crippen molar-refractivity contribution in [1.82, 2.24) is 10.2 Å². The van der Waals surface area contributed by atoms with Crippen LogP contribution >= 0.6 is 0 Å². The van der Waals surface area contributed by atoms with Crippen LogP contribution < -0.4 is 20.3 Å². The molecule has 180 valence electrons. The molecule has 1 unspecified atom stereocenters. The maximum absolute atomic E-state index is 13.4. The van der Waals surface area contributed by atoms with Crippen molar-refractivity contribution in [3.8, 4) is 11.8 Å². The summed E-state index contributed by atoms with van der Waals surface area (Å²) in [6, 6.07) is 10.3. The molecule has 1 fully saturated rings. The second kappa shape index (κ2) is 10.3. The van der Waals surface area contributed by atoms with Crippen LogP contribution in [0.3, 0.4) is 0 Å².